The number of para-hydroxylation sites is 1. The van der Waals surface area contributed by atoms with Gasteiger partial charge in [0.25, 0.3) is 5.91 Å². The van der Waals surface area contributed by atoms with Gasteiger partial charge in [-0.15, -0.1) is 0 Å². The van der Waals surface area contributed by atoms with Crippen molar-refractivity contribution < 1.29 is 9.21 Å². The molecule has 1 aliphatic rings. The first-order valence-electron chi connectivity index (χ1n) is 5.96. The van der Waals surface area contributed by atoms with Gasteiger partial charge in [-0.25, -0.2) is 0 Å². The Morgan fingerprint density at radius 2 is 2.17 bits per heavy atom. The molecule has 0 fully saturated rings. The summed E-state index contributed by atoms with van der Waals surface area (Å²) in [6, 6.07) is 9.48. The van der Waals surface area contributed by atoms with Gasteiger partial charge in [0.1, 0.15) is 6.26 Å². The van der Waals surface area contributed by atoms with Gasteiger partial charge in [0, 0.05) is 18.3 Å². The van der Waals surface area contributed by atoms with Crippen LogP contribution in [-0.2, 0) is 0 Å². The molecule has 1 amide bonds. The molecule has 1 aromatic heterocycles. The lowest BCUT2D eigenvalue weighted by Crippen LogP contribution is -2.38. The van der Waals surface area contributed by atoms with Gasteiger partial charge in [0.2, 0.25) is 0 Å². The maximum Gasteiger partial charge on any atom is 0.261 e. The monoisotopic (exact) mass is 242 g/mol. The van der Waals surface area contributed by atoms with Crippen LogP contribution < -0.4 is 10.6 Å². The number of nitrogens with two attached hydrogens (primary N) is 1. The predicted octanol–water partition coefficient (Wildman–Crippen LogP) is 2.33. The molecule has 3 rings (SSSR count). The van der Waals surface area contributed by atoms with Crippen molar-refractivity contribution in [3.8, 4) is 0 Å². The van der Waals surface area contributed by atoms with Crippen molar-refractivity contribution in [1.29, 1.82) is 0 Å². The van der Waals surface area contributed by atoms with E-state index >= 15 is 0 Å². The molecule has 0 saturated heterocycles. The Balaban J connectivity index is 2.00. The molecule has 1 aliphatic heterocycles. The number of hydrogen-bond acceptors (Lipinski definition) is 3. The summed E-state index contributed by atoms with van der Waals surface area (Å²) in [5.74, 6) is -0.0388. The van der Waals surface area contributed by atoms with Crippen molar-refractivity contribution in [1.82, 2.24) is 0 Å². The molecular formula is C14H14N2O2. The molecule has 1 unspecified atom stereocenters. The van der Waals surface area contributed by atoms with E-state index in [2.05, 4.69) is 0 Å². The van der Waals surface area contributed by atoms with Crippen LogP contribution >= 0.6 is 0 Å². The molecule has 1 aromatic carbocycles. The van der Waals surface area contributed by atoms with E-state index in [0.717, 1.165) is 17.7 Å². The Morgan fingerprint density at radius 1 is 1.33 bits per heavy atom. The minimum atomic E-state index is -0.0388. The van der Waals surface area contributed by atoms with Crippen molar-refractivity contribution >= 4 is 11.6 Å². The molecule has 0 aliphatic carbocycles. The van der Waals surface area contributed by atoms with Crippen LogP contribution in [0.5, 0.6) is 0 Å². The highest BCUT2D eigenvalue weighted by Gasteiger charge is 2.27. The number of hydrogen-bond donors (Lipinski definition) is 1. The first-order valence-corrected chi connectivity index (χ1v) is 5.96. The van der Waals surface area contributed by atoms with Crippen LogP contribution in [0.2, 0.25) is 0 Å². The Bertz CT molecular complexity index is 563. The van der Waals surface area contributed by atoms with E-state index in [1.54, 1.807) is 11.0 Å². The predicted molar refractivity (Wildman–Crippen MR) is 68.4 cm³/mol. The van der Waals surface area contributed by atoms with Crippen molar-refractivity contribution in [2.45, 2.75) is 12.5 Å². The van der Waals surface area contributed by atoms with Gasteiger partial charge in [-0.3, -0.25) is 4.79 Å². The highest BCUT2D eigenvalue weighted by Crippen LogP contribution is 2.32. The van der Waals surface area contributed by atoms with Crippen LogP contribution in [0.3, 0.4) is 0 Å². The average molecular weight is 242 g/mol. The van der Waals surface area contributed by atoms with Crippen LogP contribution in [0.25, 0.3) is 0 Å². The molecule has 92 valence electrons. The summed E-state index contributed by atoms with van der Waals surface area (Å²) in [5, 5.41) is 0. The Morgan fingerprint density at radius 3 is 2.94 bits per heavy atom. The molecule has 4 heteroatoms. The molecule has 2 heterocycles. The second-order valence-corrected chi connectivity index (χ2v) is 4.42. The number of amides is 1. The zero-order chi connectivity index (χ0) is 12.5. The molecule has 2 aromatic rings. The van der Waals surface area contributed by atoms with E-state index in [-0.39, 0.29) is 11.9 Å². The Labute approximate surface area is 105 Å². The number of furan rings is 1. The first-order chi connectivity index (χ1) is 8.77. The topological polar surface area (TPSA) is 59.5 Å². The largest absolute Gasteiger partial charge is 0.472 e. The summed E-state index contributed by atoms with van der Waals surface area (Å²) in [6.45, 7) is 0.641. The van der Waals surface area contributed by atoms with Crippen LogP contribution in [0.4, 0.5) is 5.69 Å². The Hall–Kier alpha value is -2.07. The van der Waals surface area contributed by atoms with E-state index in [1.165, 1.54) is 12.5 Å². The van der Waals surface area contributed by atoms with Gasteiger partial charge in [-0.1, -0.05) is 18.2 Å². The van der Waals surface area contributed by atoms with Gasteiger partial charge in [0.15, 0.2) is 0 Å². The zero-order valence-corrected chi connectivity index (χ0v) is 9.87. The van der Waals surface area contributed by atoms with E-state index in [9.17, 15) is 4.79 Å². The smallest absolute Gasteiger partial charge is 0.261 e. The third-order valence-electron chi connectivity index (χ3n) is 3.30. The zero-order valence-electron chi connectivity index (χ0n) is 9.87. The van der Waals surface area contributed by atoms with Gasteiger partial charge in [0.05, 0.1) is 11.8 Å². The highest BCUT2D eigenvalue weighted by atomic mass is 16.3. The fourth-order valence-corrected chi connectivity index (χ4v) is 2.34. The van der Waals surface area contributed by atoms with Crippen LogP contribution in [-0.4, -0.2) is 12.5 Å². The maximum atomic E-state index is 12.4. The van der Waals surface area contributed by atoms with Crippen LogP contribution in [0.15, 0.2) is 47.3 Å². The normalized spacial score (nSPS) is 18.5. The average Bonchev–Trinajstić information content (AvgIpc) is 2.93. The van der Waals surface area contributed by atoms with E-state index in [4.69, 9.17) is 10.2 Å². The number of carbonyl (C=O) groups is 1. The standard InChI is InChI=1S/C14H14N2O2/c15-12-5-7-16(13-4-2-1-3-11(12)13)14(17)10-6-8-18-9-10/h1-4,6,8-9,12H,5,7,15H2. The van der Waals surface area contributed by atoms with Crippen LogP contribution in [0, 0.1) is 0 Å². The summed E-state index contributed by atoms with van der Waals surface area (Å²) in [4.78, 5) is 14.1. The second kappa shape index (κ2) is 4.31. The second-order valence-electron chi connectivity index (χ2n) is 4.42. The maximum absolute atomic E-state index is 12.4. The molecule has 18 heavy (non-hydrogen) atoms. The number of fused-ring (bicyclic) bond motifs is 1. The van der Waals surface area contributed by atoms with Gasteiger partial charge < -0.3 is 15.1 Å². The molecule has 0 bridgehead atoms. The molecular weight excluding hydrogens is 228 g/mol. The van der Waals surface area contributed by atoms with Crippen molar-refractivity contribution in [3.05, 3.63) is 54.0 Å². The third kappa shape index (κ3) is 1.71. The number of nitrogens with zero attached hydrogens (tertiary/aromatic N) is 1. The van der Waals surface area contributed by atoms with Gasteiger partial charge >= 0.3 is 0 Å². The minimum absolute atomic E-state index is 0.00889. The van der Waals surface area contributed by atoms with E-state index in [1.807, 2.05) is 24.3 Å². The first kappa shape index (κ1) is 11.0. The summed E-state index contributed by atoms with van der Waals surface area (Å²) in [5.41, 5.74) is 8.57. The van der Waals surface area contributed by atoms with Gasteiger partial charge in [-0.05, 0) is 24.1 Å². The number of rotatable bonds is 1. The fourth-order valence-electron chi connectivity index (χ4n) is 2.34. The quantitative estimate of drug-likeness (QED) is 0.834. The highest BCUT2D eigenvalue weighted by molar-refractivity contribution is 6.06. The van der Waals surface area contributed by atoms with Gasteiger partial charge in [-0.2, -0.15) is 0 Å². The number of carbonyl (C=O) groups excluding carboxylic acids is 1. The summed E-state index contributed by atoms with van der Waals surface area (Å²) >= 11 is 0. The molecule has 4 nitrogen and oxygen atoms in total. The number of anilines is 1. The summed E-state index contributed by atoms with van der Waals surface area (Å²) in [7, 11) is 0. The Kier molecular flexibility index (Phi) is 2.64. The van der Waals surface area contributed by atoms with Crippen molar-refractivity contribution in [2.75, 3.05) is 11.4 Å². The molecule has 0 spiro atoms. The lowest BCUT2D eigenvalue weighted by molar-refractivity contribution is 0.0983. The SMILES string of the molecule is NC1CCN(C(=O)c2ccoc2)c2ccccc21. The third-order valence-corrected chi connectivity index (χ3v) is 3.30. The lowest BCUT2D eigenvalue weighted by Gasteiger charge is -2.32. The lowest BCUT2D eigenvalue weighted by atomic mass is 9.97. The van der Waals surface area contributed by atoms with Crippen molar-refractivity contribution in [3.63, 3.8) is 0 Å². The minimum Gasteiger partial charge on any atom is -0.472 e. The van der Waals surface area contributed by atoms with E-state index in [0.29, 0.717) is 12.1 Å². The summed E-state index contributed by atoms with van der Waals surface area (Å²) < 4.78 is 4.96. The molecule has 0 radical (unpaired) electrons. The molecule has 2 N–H and O–H groups in total. The molecule has 0 saturated carbocycles. The van der Waals surface area contributed by atoms with Crippen molar-refractivity contribution in [2.24, 2.45) is 5.73 Å². The van der Waals surface area contributed by atoms with Crippen LogP contribution in [0.1, 0.15) is 28.4 Å². The fraction of sp³-hybridized carbons (Fsp3) is 0.214. The number of benzene rings is 1. The van der Waals surface area contributed by atoms with E-state index < -0.39 is 0 Å². The molecule has 1 atom stereocenters. The summed E-state index contributed by atoms with van der Waals surface area (Å²) in [6.07, 6.45) is 3.76.